The van der Waals surface area contributed by atoms with Crippen LogP contribution in [-0.4, -0.2) is 22.2 Å². The molecule has 7 heteroatoms. The molecule has 0 spiro atoms. The number of rotatable bonds is 3. The van der Waals surface area contributed by atoms with Gasteiger partial charge < -0.3 is 11.1 Å². The number of hydrogen-bond acceptors (Lipinski definition) is 3. The van der Waals surface area contributed by atoms with Crippen molar-refractivity contribution in [3.05, 3.63) is 40.8 Å². The van der Waals surface area contributed by atoms with Crippen LogP contribution in [0.4, 0.5) is 4.39 Å². The topological polar surface area (TPSA) is 72.9 Å². The lowest BCUT2D eigenvalue weighted by Gasteiger charge is -2.19. The van der Waals surface area contributed by atoms with Gasteiger partial charge in [-0.2, -0.15) is 5.10 Å². The number of carbonyl (C=O) groups is 1. The number of carbonyl (C=O) groups excluding carboxylic acids is 1. The standard InChI is InChI=1S/C16H19FN4O.ClH/c1-9-15-13(3-4-19-9)16(21(2)20-15)11-5-10(7-14(18)22)6-12(17)8-11;/h5-6,8-9,19H,3-4,7H2,1-2H3,(H2,18,22);1H. The molecule has 0 saturated carbocycles. The van der Waals surface area contributed by atoms with E-state index in [1.807, 2.05) is 13.1 Å². The zero-order valence-corrected chi connectivity index (χ0v) is 13.9. The van der Waals surface area contributed by atoms with Gasteiger partial charge in [-0.15, -0.1) is 12.4 Å². The van der Waals surface area contributed by atoms with Gasteiger partial charge in [0.15, 0.2) is 0 Å². The predicted molar refractivity (Wildman–Crippen MR) is 88.9 cm³/mol. The minimum atomic E-state index is -0.471. The Kier molecular flexibility index (Phi) is 5.06. The van der Waals surface area contributed by atoms with Crippen LogP contribution in [0.1, 0.15) is 29.8 Å². The van der Waals surface area contributed by atoms with Crippen molar-refractivity contribution in [1.82, 2.24) is 15.1 Å². The lowest BCUT2D eigenvalue weighted by molar-refractivity contribution is -0.117. The fraction of sp³-hybridized carbons (Fsp3) is 0.375. The number of nitrogens with two attached hydrogens (primary N) is 1. The molecule has 3 N–H and O–H groups in total. The van der Waals surface area contributed by atoms with Crippen molar-refractivity contribution in [3.63, 3.8) is 0 Å². The summed E-state index contributed by atoms with van der Waals surface area (Å²) in [5, 5.41) is 7.94. The van der Waals surface area contributed by atoms with Crippen LogP contribution < -0.4 is 11.1 Å². The third-order valence-electron chi connectivity index (χ3n) is 4.02. The van der Waals surface area contributed by atoms with Gasteiger partial charge in [0, 0.05) is 24.2 Å². The molecule has 1 aliphatic rings. The minimum absolute atomic E-state index is 0. The Hall–Kier alpha value is -1.92. The highest BCUT2D eigenvalue weighted by Crippen LogP contribution is 2.32. The van der Waals surface area contributed by atoms with Crippen LogP contribution in [0.5, 0.6) is 0 Å². The summed E-state index contributed by atoms with van der Waals surface area (Å²) in [5.41, 5.74) is 9.59. The van der Waals surface area contributed by atoms with Crippen molar-refractivity contribution in [2.75, 3.05) is 6.54 Å². The highest BCUT2D eigenvalue weighted by atomic mass is 35.5. The maximum Gasteiger partial charge on any atom is 0.221 e. The summed E-state index contributed by atoms with van der Waals surface area (Å²) in [6.07, 6.45) is 0.882. The summed E-state index contributed by atoms with van der Waals surface area (Å²) in [6, 6.07) is 4.83. The van der Waals surface area contributed by atoms with Gasteiger partial charge in [-0.1, -0.05) is 0 Å². The van der Waals surface area contributed by atoms with E-state index < -0.39 is 5.91 Å². The Morgan fingerprint density at radius 1 is 1.48 bits per heavy atom. The molecule has 1 aromatic carbocycles. The van der Waals surface area contributed by atoms with Crippen LogP contribution in [0, 0.1) is 5.82 Å². The second-order valence-electron chi connectivity index (χ2n) is 5.75. The number of primary amides is 1. The van der Waals surface area contributed by atoms with Gasteiger partial charge in [-0.3, -0.25) is 9.48 Å². The summed E-state index contributed by atoms with van der Waals surface area (Å²) in [6.45, 7) is 2.94. The van der Waals surface area contributed by atoms with E-state index in [-0.39, 0.29) is 30.7 Å². The van der Waals surface area contributed by atoms with Crippen LogP contribution in [0.3, 0.4) is 0 Å². The fourth-order valence-corrected chi connectivity index (χ4v) is 3.14. The zero-order valence-electron chi connectivity index (χ0n) is 13.1. The first-order valence-corrected chi connectivity index (χ1v) is 7.33. The average Bonchev–Trinajstić information content (AvgIpc) is 2.75. The molecule has 0 fully saturated rings. The normalized spacial score (nSPS) is 16.6. The molecule has 1 atom stereocenters. The molecule has 2 heterocycles. The first-order chi connectivity index (χ1) is 10.5. The van der Waals surface area contributed by atoms with Crippen LogP contribution in [-0.2, 0) is 24.7 Å². The summed E-state index contributed by atoms with van der Waals surface area (Å²) in [5.74, 6) is -0.841. The van der Waals surface area contributed by atoms with Crippen molar-refractivity contribution >= 4 is 18.3 Å². The molecular formula is C16H20ClFN4O. The number of hydrogen-bond donors (Lipinski definition) is 2. The third-order valence-corrected chi connectivity index (χ3v) is 4.02. The maximum absolute atomic E-state index is 13.9. The van der Waals surface area contributed by atoms with E-state index in [0.717, 1.165) is 35.5 Å². The molecule has 3 rings (SSSR count). The molecule has 5 nitrogen and oxygen atoms in total. The first kappa shape index (κ1) is 17.4. The third kappa shape index (κ3) is 3.38. The second-order valence-corrected chi connectivity index (χ2v) is 5.75. The SMILES string of the molecule is CC1NCCc2c1nn(C)c2-c1cc(F)cc(CC(N)=O)c1.Cl. The zero-order chi connectivity index (χ0) is 15.9. The first-order valence-electron chi connectivity index (χ1n) is 7.33. The predicted octanol–water partition coefficient (Wildman–Crippen LogP) is 1.88. The van der Waals surface area contributed by atoms with Gasteiger partial charge in [0.25, 0.3) is 0 Å². The van der Waals surface area contributed by atoms with Gasteiger partial charge >= 0.3 is 0 Å². The Bertz CT molecular complexity index is 744. The smallest absolute Gasteiger partial charge is 0.221 e. The Morgan fingerprint density at radius 3 is 2.91 bits per heavy atom. The number of amides is 1. The molecule has 0 saturated heterocycles. The molecule has 1 unspecified atom stereocenters. The lowest BCUT2D eigenvalue weighted by Crippen LogP contribution is -2.27. The summed E-state index contributed by atoms with van der Waals surface area (Å²) < 4.78 is 15.7. The largest absolute Gasteiger partial charge is 0.369 e. The van der Waals surface area contributed by atoms with Crippen LogP contribution in [0.15, 0.2) is 18.2 Å². The van der Waals surface area contributed by atoms with Crippen molar-refractivity contribution < 1.29 is 9.18 Å². The van der Waals surface area contributed by atoms with E-state index in [1.165, 1.54) is 12.1 Å². The fourth-order valence-electron chi connectivity index (χ4n) is 3.14. The van der Waals surface area contributed by atoms with Crippen molar-refractivity contribution in [1.29, 1.82) is 0 Å². The number of halogens is 2. The molecule has 2 aromatic rings. The monoisotopic (exact) mass is 338 g/mol. The van der Waals surface area contributed by atoms with Gasteiger partial charge in [0.05, 0.1) is 17.8 Å². The highest BCUT2D eigenvalue weighted by molar-refractivity contribution is 5.85. The summed E-state index contributed by atoms with van der Waals surface area (Å²) >= 11 is 0. The number of nitrogens with one attached hydrogen (secondary N) is 1. The number of aromatic nitrogens is 2. The molecular weight excluding hydrogens is 319 g/mol. The minimum Gasteiger partial charge on any atom is -0.369 e. The van der Waals surface area contributed by atoms with Crippen LogP contribution >= 0.6 is 12.4 Å². The number of nitrogens with zero attached hydrogens (tertiary/aromatic N) is 2. The van der Waals surface area contributed by atoms with Gasteiger partial charge in [-0.25, -0.2) is 4.39 Å². The van der Waals surface area contributed by atoms with E-state index in [4.69, 9.17) is 5.73 Å². The summed E-state index contributed by atoms with van der Waals surface area (Å²) in [7, 11) is 1.86. The van der Waals surface area contributed by atoms with Gasteiger partial charge in [0.2, 0.25) is 5.91 Å². The maximum atomic E-state index is 13.9. The Morgan fingerprint density at radius 2 is 2.22 bits per heavy atom. The molecule has 0 aliphatic carbocycles. The lowest BCUT2D eigenvalue weighted by atomic mass is 9.96. The molecule has 23 heavy (non-hydrogen) atoms. The highest BCUT2D eigenvalue weighted by Gasteiger charge is 2.25. The van der Waals surface area contributed by atoms with E-state index in [0.29, 0.717) is 5.56 Å². The van der Waals surface area contributed by atoms with Crippen LogP contribution in [0.2, 0.25) is 0 Å². The van der Waals surface area contributed by atoms with Gasteiger partial charge in [0.1, 0.15) is 5.82 Å². The Labute approximate surface area is 140 Å². The van der Waals surface area contributed by atoms with E-state index in [2.05, 4.69) is 17.3 Å². The number of aryl methyl sites for hydroxylation is 1. The quantitative estimate of drug-likeness (QED) is 0.897. The van der Waals surface area contributed by atoms with Crippen LogP contribution in [0.25, 0.3) is 11.3 Å². The number of fused-ring (bicyclic) bond motifs is 1. The molecule has 1 aliphatic heterocycles. The molecule has 1 aromatic heterocycles. The molecule has 0 bridgehead atoms. The number of benzene rings is 1. The van der Waals surface area contributed by atoms with E-state index in [9.17, 15) is 9.18 Å². The molecule has 0 radical (unpaired) electrons. The summed E-state index contributed by atoms with van der Waals surface area (Å²) in [4.78, 5) is 11.1. The molecule has 124 valence electrons. The average molecular weight is 339 g/mol. The second kappa shape index (κ2) is 6.68. The van der Waals surface area contributed by atoms with Crippen molar-refractivity contribution in [2.24, 2.45) is 12.8 Å². The van der Waals surface area contributed by atoms with Crippen molar-refractivity contribution in [2.45, 2.75) is 25.8 Å². The Balaban J connectivity index is 0.00000192. The van der Waals surface area contributed by atoms with E-state index in [1.54, 1.807) is 4.68 Å². The van der Waals surface area contributed by atoms with Gasteiger partial charge in [-0.05, 0) is 43.7 Å². The van der Waals surface area contributed by atoms with Crippen molar-refractivity contribution in [3.8, 4) is 11.3 Å². The van der Waals surface area contributed by atoms with E-state index >= 15 is 0 Å². The molecule has 1 amide bonds.